The summed E-state index contributed by atoms with van der Waals surface area (Å²) < 4.78 is 6.35. The Labute approximate surface area is 141 Å². The fraction of sp³-hybridized carbons (Fsp3) is 0.471. The highest BCUT2D eigenvalue weighted by atomic mass is 16.5. The third-order valence-corrected chi connectivity index (χ3v) is 4.35. The van der Waals surface area contributed by atoms with E-state index < -0.39 is 5.97 Å². The number of anilines is 1. The van der Waals surface area contributed by atoms with Crippen LogP contribution in [0.15, 0.2) is 36.5 Å². The SMILES string of the molecule is COC(=O)c1cnnn1CCCN1CCN(c2ccccc2)CC1. The monoisotopic (exact) mass is 329 g/mol. The molecular weight excluding hydrogens is 306 g/mol. The van der Waals surface area contributed by atoms with E-state index in [2.05, 4.69) is 44.4 Å². The lowest BCUT2D eigenvalue weighted by molar-refractivity contribution is 0.0586. The van der Waals surface area contributed by atoms with Gasteiger partial charge in [-0.1, -0.05) is 23.4 Å². The summed E-state index contributed by atoms with van der Waals surface area (Å²) in [6, 6.07) is 10.5. The molecule has 0 bridgehead atoms. The van der Waals surface area contributed by atoms with Crippen LogP contribution in [-0.2, 0) is 11.3 Å². The second-order valence-electron chi connectivity index (χ2n) is 5.85. The number of piperazine rings is 1. The van der Waals surface area contributed by atoms with Gasteiger partial charge in [-0.15, -0.1) is 5.10 Å². The van der Waals surface area contributed by atoms with Gasteiger partial charge in [0.1, 0.15) is 0 Å². The maximum Gasteiger partial charge on any atom is 0.358 e. The number of nitrogens with zero attached hydrogens (tertiary/aromatic N) is 5. The number of aryl methyl sites for hydroxylation is 1. The second-order valence-corrected chi connectivity index (χ2v) is 5.85. The first-order valence-corrected chi connectivity index (χ1v) is 8.27. The molecule has 2 aromatic rings. The summed E-state index contributed by atoms with van der Waals surface area (Å²) in [5.74, 6) is -0.392. The number of benzene rings is 1. The Morgan fingerprint density at radius 2 is 1.88 bits per heavy atom. The quantitative estimate of drug-likeness (QED) is 0.744. The summed E-state index contributed by atoms with van der Waals surface area (Å²) in [4.78, 5) is 16.5. The molecule has 1 aliphatic heterocycles. The summed E-state index contributed by atoms with van der Waals surface area (Å²) in [6.45, 7) is 5.85. The normalized spacial score (nSPS) is 15.5. The Morgan fingerprint density at radius 1 is 1.12 bits per heavy atom. The molecule has 1 aliphatic rings. The average molecular weight is 329 g/mol. The minimum absolute atomic E-state index is 0.392. The lowest BCUT2D eigenvalue weighted by Crippen LogP contribution is -2.46. The molecule has 2 heterocycles. The highest BCUT2D eigenvalue weighted by molar-refractivity contribution is 5.86. The van der Waals surface area contributed by atoms with Crippen LogP contribution in [0.5, 0.6) is 0 Å². The Morgan fingerprint density at radius 3 is 2.58 bits per heavy atom. The summed E-state index contributed by atoms with van der Waals surface area (Å²) in [5.41, 5.74) is 1.70. The minimum atomic E-state index is -0.392. The van der Waals surface area contributed by atoms with Gasteiger partial charge in [-0.05, 0) is 18.6 Å². The first-order valence-electron chi connectivity index (χ1n) is 8.27. The van der Waals surface area contributed by atoms with E-state index >= 15 is 0 Å². The number of carbonyl (C=O) groups excluding carboxylic acids is 1. The van der Waals surface area contributed by atoms with E-state index in [1.165, 1.54) is 19.0 Å². The van der Waals surface area contributed by atoms with Gasteiger partial charge >= 0.3 is 5.97 Å². The van der Waals surface area contributed by atoms with Crippen LogP contribution in [0.2, 0.25) is 0 Å². The summed E-state index contributed by atoms with van der Waals surface area (Å²) in [7, 11) is 1.37. The van der Waals surface area contributed by atoms with Crippen LogP contribution in [0, 0.1) is 0 Å². The third-order valence-electron chi connectivity index (χ3n) is 4.35. The molecule has 1 saturated heterocycles. The van der Waals surface area contributed by atoms with Gasteiger partial charge in [0.05, 0.1) is 13.3 Å². The lowest BCUT2D eigenvalue weighted by Gasteiger charge is -2.36. The Bertz CT molecular complexity index is 650. The Balaban J connectivity index is 1.43. The van der Waals surface area contributed by atoms with Gasteiger partial charge < -0.3 is 9.64 Å². The Hall–Kier alpha value is -2.41. The smallest absolute Gasteiger partial charge is 0.358 e. The van der Waals surface area contributed by atoms with Gasteiger partial charge in [-0.2, -0.15) is 0 Å². The van der Waals surface area contributed by atoms with Crippen LogP contribution in [-0.4, -0.2) is 65.7 Å². The highest BCUT2D eigenvalue weighted by Crippen LogP contribution is 2.15. The van der Waals surface area contributed by atoms with E-state index in [-0.39, 0.29) is 0 Å². The molecule has 0 aliphatic carbocycles. The van der Waals surface area contributed by atoms with E-state index in [1.807, 2.05) is 6.07 Å². The molecular formula is C17H23N5O2. The van der Waals surface area contributed by atoms with E-state index in [0.717, 1.165) is 39.1 Å². The van der Waals surface area contributed by atoms with E-state index in [9.17, 15) is 4.79 Å². The maximum absolute atomic E-state index is 11.6. The lowest BCUT2D eigenvalue weighted by atomic mass is 10.2. The van der Waals surface area contributed by atoms with E-state index in [4.69, 9.17) is 4.74 Å². The molecule has 7 nitrogen and oxygen atoms in total. The number of hydrogen-bond donors (Lipinski definition) is 0. The highest BCUT2D eigenvalue weighted by Gasteiger charge is 2.17. The molecule has 128 valence electrons. The molecule has 0 spiro atoms. The molecule has 24 heavy (non-hydrogen) atoms. The van der Waals surface area contributed by atoms with Crippen molar-refractivity contribution in [2.45, 2.75) is 13.0 Å². The van der Waals surface area contributed by atoms with Crippen LogP contribution < -0.4 is 4.90 Å². The van der Waals surface area contributed by atoms with E-state index in [1.54, 1.807) is 4.68 Å². The number of carbonyl (C=O) groups is 1. The van der Waals surface area contributed by atoms with Crippen molar-refractivity contribution in [1.29, 1.82) is 0 Å². The number of para-hydroxylation sites is 1. The van der Waals surface area contributed by atoms with Crippen molar-refractivity contribution >= 4 is 11.7 Å². The predicted octanol–water partition coefficient (Wildman–Crippen LogP) is 1.28. The van der Waals surface area contributed by atoms with Gasteiger partial charge in [-0.25, -0.2) is 9.48 Å². The summed E-state index contributed by atoms with van der Waals surface area (Å²) in [5, 5.41) is 7.75. The molecule has 1 fully saturated rings. The van der Waals surface area contributed by atoms with Crippen molar-refractivity contribution in [1.82, 2.24) is 19.9 Å². The zero-order valence-electron chi connectivity index (χ0n) is 14.0. The zero-order valence-corrected chi connectivity index (χ0v) is 14.0. The van der Waals surface area contributed by atoms with Crippen molar-refractivity contribution in [2.24, 2.45) is 0 Å². The average Bonchev–Trinajstić information content (AvgIpc) is 3.11. The van der Waals surface area contributed by atoms with Gasteiger partial charge in [0.2, 0.25) is 0 Å². The molecule has 0 amide bonds. The first kappa shape index (κ1) is 16.4. The molecule has 0 atom stereocenters. The number of methoxy groups -OCH3 is 1. The van der Waals surface area contributed by atoms with Crippen LogP contribution >= 0.6 is 0 Å². The van der Waals surface area contributed by atoms with Crippen molar-refractivity contribution in [2.75, 3.05) is 44.7 Å². The van der Waals surface area contributed by atoms with Crippen molar-refractivity contribution in [3.8, 4) is 0 Å². The van der Waals surface area contributed by atoms with Crippen LogP contribution in [0.4, 0.5) is 5.69 Å². The van der Waals surface area contributed by atoms with Gasteiger partial charge in [0, 0.05) is 45.0 Å². The molecule has 0 N–H and O–H groups in total. The summed E-state index contributed by atoms with van der Waals surface area (Å²) in [6.07, 6.45) is 2.38. The minimum Gasteiger partial charge on any atom is -0.464 e. The molecule has 0 saturated carbocycles. The van der Waals surface area contributed by atoms with Crippen LogP contribution in [0.25, 0.3) is 0 Å². The van der Waals surface area contributed by atoms with Gasteiger partial charge in [-0.3, -0.25) is 4.90 Å². The molecule has 0 unspecified atom stereocenters. The van der Waals surface area contributed by atoms with Gasteiger partial charge in [0.15, 0.2) is 5.69 Å². The van der Waals surface area contributed by atoms with Crippen molar-refractivity contribution < 1.29 is 9.53 Å². The maximum atomic E-state index is 11.6. The van der Waals surface area contributed by atoms with Crippen molar-refractivity contribution in [3.05, 3.63) is 42.2 Å². The number of esters is 1. The standard InChI is InChI=1S/C17H23N5O2/c1-24-17(23)16-14-18-19-22(16)9-5-8-20-10-12-21(13-11-20)15-6-3-2-4-7-15/h2-4,6-7,14H,5,8-13H2,1H3. The zero-order chi connectivity index (χ0) is 16.8. The molecule has 7 heteroatoms. The number of rotatable bonds is 6. The molecule has 3 rings (SSSR count). The number of hydrogen-bond acceptors (Lipinski definition) is 6. The van der Waals surface area contributed by atoms with Crippen LogP contribution in [0.1, 0.15) is 16.9 Å². The van der Waals surface area contributed by atoms with Crippen LogP contribution in [0.3, 0.4) is 0 Å². The van der Waals surface area contributed by atoms with Crippen molar-refractivity contribution in [3.63, 3.8) is 0 Å². The fourth-order valence-corrected chi connectivity index (χ4v) is 3.00. The molecule has 0 radical (unpaired) electrons. The predicted molar refractivity (Wildman–Crippen MR) is 91.1 cm³/mol. The largest absolute Gasteiger partial charge is 0.464 e. The third kappa shape index (κ3) is 3.91. The fourth-order valence-electron chi connectivity index (χ4n) is 3.00. The van der Waals surface area contributed by atoms with E-state index in [0.29, 0.717) is 12.2 Å². The number of aromatic nitrogens is 3. The Kier molecular flexibility index (Phi) is 5.43. The van der Waals surface area contributed by atoms with Gasteiger partial charge in [0.25, 0.3) is 0 Å². The summed E-state index contributed by atoms with van der Waals surface area (Å²) >= 11 is 0. The second kappa shape index (κ2) is 7.92. The molecule has 1 aromatic heterocycles. The number of ether oxygens (including phenoxy) is 1. The topological polar surface area (TPSA) is 63.5 Å². The first-order chi connectivity index (χ1) is 11.8. The molecule has 1 aromatic carbocycles.